The van der Waals surface area contributed by atoms with E-state index in [2.05, 4.69) is 5.32 Å². The van der Waals surface area contributed by atoms with Gasteiger partial charge in [-0.3, -0.25) is 4.79 Å². The standard InChI is InChI=1S/C14H17NO3.CH4O/c16-10-14(6-7-15-13(17)8-14)11-18-9-12-4-2-1-3-5-12;1-2/h1-5,10H,6-9,11H2,(H,15,17);2H,1H3. The van der Waals surface area contributed by atoms with Gasteiger partial charge in [0.25, 0.3) is 0 Å². The summed E-state index contributed by atoms with van der Waals surface area (Å²) in [5, 5.41) is 9.73. The number of rotatable bonds is 5. The Kier molecular flexibility index (Phi) is 6.90. The molecule has 0 saturated carbocycles. The van der Waals surface area contributed by atoms with Gasteiger partial charge in [-0.05, 0) is 12.0 Å². The van der Waals surface area contributed by atoms with Crippen LogP contribution in [0.2, 0.25) is 0 Å². The molecule has 0 aliphatic carbocycles. The van der Waals surface area contributed by atoms with Crippen LogP contribution in [0.1, 0.15) is 18.4 Å². The third-order valence-electron chi connectivity index (χ3n) is 3.21. The fourth-order valence-electron chi connectivity index (χ4n) is 2.13. The Morgan fingerprint density at radius 1 is 1.35 bits per heavy atom. The minimum atomic E-state index is -0.642. The first-order chi connectivity index (χ1) is 9.74. The second kappa shape index (κ2) is 8.45. The number of amides is 1. The van der Waals surface area contributed by atoms with Crippen molar-refractivity contribution >= 4 is 12.2 Å². The molecule has 1 fully saturated rings. The number of aldehydes is 1. The Balaban J connectivity index is 0.000000956. The summed E-state index contributed by atoms with van der Waals surface area (Å²) < 4.78 is 5.59. The van der Waals surface area contributed by atoms with Gasteiger partial charge in [-0.1, -0.05) is 30.3 Å². The lowest BCUT2D eigenvalue weighted by Crippen LogP contribution is -2.44. The van der Waals surface area contributed by atoms with Crippen LogP contribution in [0.15, 0.2) is 30.3 Å². The van der Waals surface area contributed by atoms with E-state index in [1.165, 1.54) is 0 Å². The SMILES string of the molecule is CO.O=CC1(COCc2ccccc2)CCNC(=O)C1. The monoisotopic (exact) mass is 279 g/mol. The first kappa shape index (κ1) is 16.3. The Morgan fingerprint density at radius 2 is 2.05 bits per heavy atom. The summed E-state index contributed by atoms with van der Waals surface area (Å²) in [6, 6.07) is 9.79. The maximum Gasteiger partial charge on any atom is 0.221 e. The van der Waals surface area contributed by atoms with Crippen LogP contribution in [0.3, 0.4) is 0 Å². The highest BCUT2D eigenvalue weighted by atomic mass is 16.5. The van der Waals surface area contributed by atoms with Crippen LogP contribution >= 0.6 is 0 Å². The highest BCUT2D eigenvalue weighted by molar-refractivity contribution is 5.82. The minimum absolute atomic E-state index is 0.0725. The van der Waals surface area contributed by atoms with Crippen molar-refractivity contribution < 1.29 is 19.4 Å². The first-order valence-electron chi connectivity index (χ1n) is 6.54. The zero-order chi connectivity index (χ0) is 14.8. The van der Waals surface area contributed by atoms with Crippen molar-refractivity contribution in [1.29, 1.82) is 0 Å². The number of hydrogen-bond donors (Lipinski definition) is 2. The van der Waals surface area contributed by atoms with E-state index in [1.807, 2.05) is 30.3 Å². The van der Waals surface area contributed by atoms with E-state index in [4.69, 9.17) is 9.84 Å². The number of aliphatic hydroxyl groups excluding tert-OH is 1. The fourth-order valence-corrected chi connectivity index (χ4v) is 2.13. The van der Waals surface area contributed by atoms with Crippen molar-refractivity contribution in [3.63, 3.8) is 0 Å². The number of aliphatic hydroxyl groups is 1. The molecule has 1 heterocycles. The quantitative estimate of drug-likeness (QED) is 0.785. The molecule has 1 aromatic rings. The third-order valence-corrected chi connectivity index (χ3v) is 3.21. The van der Waals surface area contributed by atoms with E-state index in [0.29, 0.717) is 26.2 Å². The molecule has 5 heteroatoms. The van der Waals surface area contributed by atoms with Crippen LogP contribution in [0.25, 0.3) is 0 Å². The maximum atomic E-state index is 11.3. The summed E-state index contributed by atoms with van der Waals surface area (Å²) in [4.78, 5) is 22.6. The molecule has 5 nitrogen and oxygen atoms in total. The average molecular weight is 279 g/mol. The number of nitrogens with one attached hydrogen (secondary N) is 1. The summed E-state index contributed by atoms with van der Waals surface area (Å²) >= 11 is 0. The van der Waals surface area contributed by atoms with Gasteiger partial charge in [-0.25, -0.2) is 0 Å². The van der Waals surface area contributed by atoms with Crippen molar-refractivity contribution in [2.24, 2.45) is 5.41 Å². The lowest BCUT2D eigenvalue weighted by Gasteiger charge is -2.31. The molecule has 1 aliphatic rings. The third kappa shape index (κ3) is 4.75. The van der Waals surface area contributed by atoms with Gasteiger partial charge in [0.1, 0.15) is 6.29 Å². The van der Waals surface area contributed by atoms with Crippen molar-refractivity contribution in [1.82, 2.24) is 5.32 Å². The molecule has 0 aromatic heterocycles. The second-order valence-corrected chi connectivity index (χ2v) is 4.74. The van der Waals surface area contributed by atoms with Gasteiger partial charge in [0.15, 0.2) is 0 Å². The Hall–Kier alpha value is -1.72. The summed E-state index contributed by atoms with van der Waals surface area (Å²) in [5.74, 6) is -0.0725. The van der Waals surface area contributed by atoms with Crippen LogP contribution in [0.4, 0.5) is 0 Å². The zero-order valence-electron chi connectivity index (χ0n) is 11.7. The molecule has 20 heavy (non-hydrogen) atoms. The van der Waals surface area contributed by atoms with Crippen LogP contribution in [0, 0.1) is 5.41 Å². The number of benzene rings is 1. The molecule has 0 radical (unpaired) electrons. The molecule has 1 saturated heterocycles. The fraction of sp³-hybridized carbons (Fsp3) is 0.467. The van der Waals surface area contributed by atoms with Crippen molar-refractivity contribution in [3.05, 3.63) is 35.9 Å². The van der Waals surface area contributed by atoms with Gasteiger partial charge in [-0.2, -0.15) is 0 Å². The Bertz CT molecular complexity index is 421. The van der Waals surface area contributed by atoms with E-state index >= 15 is 0 Å². The van der Waals surface area contributed by atoms with E-state index in [0.717, 1.165) is 19.0 Å². The molecule has 1 atom stereocenters. The van der Waals surface area contributed by atoms with Crippen molar-refractivity contribution in [2.45, 2.75) is 19.4 Å². The van der Waals surface area contributed by atoms with Crippen molar-refractivity contribution in [3.8, 4) is 0 Å². The van der Waals surface area contributed by atoms with Gasteiger partial charge in [0, 0.05) is 20.1 Å². The Morgan fingerprint density at radius 3 is 2.65 bits per heavy atom. The molecule has 2 rings (SSSR count). The molecule has 1 aromatic carbocycles. The predicted octanol–water partition coefficient (Wildman–Crippen LogP) is 0.907. The largest absolute Gasteiger partial charge is 0.400 e. The average Bonchev–Trinajstić information content (AvgIpc) is 2.50. The molecule has 0 bridgehead atoms. The summed E-state index contributed by atoms with van der Waals surface area (Å²) in [5.41, 5.74) is 0.427. The summed E-state index contributed by atoms with van der Waals surface area (Å²) in [6.07, 6.45) is 1.75. The number of hydrogen-bond acceptors (Lipinski definition) is 4. The van der Waals surface area contributed by atoms with E-state index in [9.17, 15) is 9.59 Å². The van der Waals surface area contributed by atoms with Crippen LogP contribution < -0.4 is 5.32 Å². The topological polar surface area (TPSA) is 75.6 Å². The molecular formula is C15H21NO4. The maximum absolute atomic E-state index is 11.3. The second-order valence-electron chi connectivity index (χ2n) is 4.74. The predicted molar refractivity (Wildman–Crippen MR) is 75.0 cm³/mol. The van der Waals surface area contributed by atoms with E-state index in [1.54, 1.807) is 0 Å². The zero-order valence-corrected chi connectivity index (χ0v) is 11.7. The van der Waals surface area contributed by atoms with Gasteiger partial charge in [-0.15, -0.1) is 0 Å². The van der Waals surface area contributed by atoms with Crippen LogP contribution in [0.5, 0.6) is 0 Å². The van der Waals surface area contributed by atoms with E-state index in [-0.39, 0.29) is 12.3 Å². The number of carbonyl (C=O) groups is 2. The molecule has 1 unspecified atom stereocenters. The molecular weight excluding hydrogens is 258 g/mol. The highest BCUT2D eigenvalue weighted by Crippen LogP contribution is 2.27. The van der Waals surface area contributed by atoms with Gasteiger partial charge in [0.05, 0.1) is 18.6 Å². The van der Waals surface area contributed by atoms with Gasteiger partial charge >= 0.3 is 0 Å². The lowest BCUT2D eigenvalue weighted by molar-refractivity contribution is -0.134. The first-order valence-corrected chi connectivity index (χ1v) is 6.54. The smallest absolute Gasteiger partial charge is 0.221 e. The van der Waals surface area contributed by atoms with Crippen molar-refractivity contribution in [2.75, 3.05) is 20.3 Å². The molecule has 2 N–H and O–H groups in total. The number of carbonyl (C=O) groups excluding carboxylic acids is 2. The van der Waals surface area contributed by atoms with Crippen LogP contribution in [-0.4, -0.2) is 37.6 Å². The lowest BCUT2D eigenvalue weighted by atomic mass is 9.81. The normalized spacial score (nSPS) is 21.4. The molecule has 110 valence electrons. The van der Waals surface area contributed by atoms with Gasteiger partial charge in [0.2, 0.25) is 5.91 Å². The van der Waals surface area contributed by atoms with E-state index < -0.39 is 5.41 Å². The molecule has 1 aliphatic heterocycles. The minimum Gasteiger partial charge on any atom is -0.400 e. The number of piperidine rings is 1. The van der Waals surface area contributed by atoms with Gasteiger partial charge < -0.3 is 20.0 Å². The number of ether oxygens (including phenoxy) is 1. The molecule has 0 spiro atoms. The summed E-state index contributed by atoms with van der Waals surface area (Å²) in [6.45, 7) is 1.32. The Labute approximate surface area is 118 Å². The highest BCUT2D eigenvalue weighted by Gasteiger charge is 2.35. The summed E-state index contributed by atoms with van der Waals surface area (Å²) in [7, 11) is 1.00. The van der Waals surface area contributed by atoms with Crippen LogP contribution in [-0.2, 0) is 20.9 Å². The molecule has 1 amide bonds.